The number of nitrogens with zero attached hydrogens (tertiary/aromatic N) is 2. The maximum atomic E-state index is 5.98. The molecule has 0 aliphatic carbocycles. The minimum absolute atomic E-state index is 0.163. The van der Waals surface area contributed by atoms with Crippen LogP contribution in [-0.4, -0.2) is 19.2 Å². The molecule has 0 saturated carbocycles. The molecule has 2 aromatic carbocycles. The first-order valence-electron chi connectivity index (χ1n) is 6.27. The van der Waals surface area contributed by atoms with E-state index < -0.39 is 0 Å². The van der Waals surface area contributed by atoms with Crippen LogP contribution in [0.4, 0.5) is 0 Å². The summed E-state index contributed by atoms with van der Waals surface area (Å²) < 4.78 is 0. The molecular weight excluding hydrogens is 382 g/mol. The smallest absolute Gasteiger partial charge is 0.280 e. The van der Waals surface area contributed by atoms with E-state index >= 15 is 0 Å². The molecule has 0 atom stereocenters. The Hall–Kier alpha value is -1.46. The second-order valence-electron chi connectivity index (χ2n) is 4.18. The third kappa shape index (κ3) is 5.92. The predicted octanol–water partition coefficient (Wildman–Crippen LogP) is 5.66. The topological polar surface area (TPSA) is 43.2 Å². The first-order chi connectivity index (χ1) is 11.1. The highest BCUT2D eigenvalue weighted by Crippen LogP contribution is 2.20. The van der Waals surface area contributed by atoms with Crippen LogP contribution in [-0.2, 0) is 9.68 Å². The van der Waals surface area contributed by atoms with Gasteiger partial charge in [-0.25, -0.2) is 0 Å². The van der Waals surface area contributed by atoms with E-state index in [2.05, 4.69) is 10.3 Å². The summed E-state index contributed by atoms with van der Waals surface area (Å²) in [6.45, 7) is -0.163. The van der Waals surface area contributed by atoms with Gasteiger partial charge in [0.1, 0.15) is 0 Å². The Morgan fingerprint density at radius 2 is 1.17 bits per heavy atom. The largest absolute Gasteiger partial charge is 0.352 e. The molecular formula is C15H10Cl4N2O2. The van der Waals surface area contributed by atoms with Gasteiger partial charge in [0.25, 0.3) is 6.79 Å². The molecule has 0 bridgehead atoms. The second kappa shape index (κ2) is 8.99. The average molecular weight is 392 g/mol. The van der Waals surface area contributed by atoms with E-state index in [4.69, 9.17) is 56.1 Å². The van der Waals surface area contributed by atoms with Gasteiger partial charge >= 0.3 is 0 Å². The highest BCUT2D eigenvalue weighted by atomic mass is 35.5. The fourth-order valence-corrected chi connectivity index (χ4v) is 2.40. The first kappa shape index (κ1) is 17.9. The number of oxime groups is 2. The molecule has 0 radical (unpaired) electrons. The number of hydrogen-bond donors (Lipinski definition) is 0. The fourth-order valence-electron chi connectivity index (χ4n) is 1.48. The lowest BCUT2D eigenvalue weighted by Gasteiger charge is -2.00. The standard InChI is InChI=1S/C15H10Cl4N2O2/c16-12-3-1-10(14(18)5-12)7-20-22-9-23-21-8-11-2-4-13(17)6-15(11)19/h1-8H,9H2/b20-7+,21-8+. The van der Waals surface area contributed by atoms with Gasteiger partial charge in [-0.1, -0.05) is 68.8 Å². The van der Waals surface area contributed by atoms with Crippen molar-refractivity contribution in [2.24, 2.45) is 10.3 Å². The van der Waals surface area contributed by atoms with E-state index in [1.807, 2.05) is 0 Å². The normalized spacial score (nSPS) is 11.3. The van der Waals surface area contributed by atoms with Crippen molar-refractivity contribution in [2.75, 3.05) is 6.79 Å². The Labute approximate surface area is 153 Å². The molecule has 8 heteroatoms. The van der Waals surface area contributed by atoms with Crippen molar-refractivity contribution < 1.29 is 9.68 Å². The van der Waals surface area contributed by atoms with Crippen molar-refractivity contribution in [1.29, 1.82) is 0 Å². The SMILES string of the molecule is Clc1ccc(/C=N/OCO/N=C/c2ccc(Cl)cc2Cl)c(Cl)c1. The molecule has 2 aromatic rings. The molecule has 4 nitrogen and oxygen atoms in total. The second-order valence-corrected chi connectivity index (χ2v) is 5.86. The fraction of sp³-hybridized carbons (Fsp3) is 0.0667. The van der Waals surface area contributed by atoms with Gasteiger partial charge in [-0.05, 0) is 24.3 Å². The summed E-state index contributed by atoms with van der Waals surface area (Å²) in [5.74, 6) is 0. The molecule has 0 aliphatic rings. The van der Waals surface area contributed by atoms with E-state index in [0.29, 0.717) is 31.2 Å². The molecule has 23 heavy (non-hydrogen) atoms. The first-order valence-corrected chi connectivity index (χ1v) is 7.78. The van der Waals surface area contributed by atoms with E-state index in [1.54, 1.807) is 36.4 Å². The molecule has 0 spiro atoms. The lowest BCUT2D eigenvalue weighted by Crippen LogP contribution is -1.92. The Bertz CT molecular complexity index is 674. The van der Waals surface area contributed by atoms with Crippen LogP contribution in [0.5, 0.6) is 0 Å². The lowest BCUT2D eigenvalue weighted by atomic mass is 10.2. The summed E-state index contributed by atoms with van der Waals surface area (Å²) in [4.78, 5) is 9.80. The molecule has 0 unspecified atom stereocenters. The van der Waals surface area contributed by atoms with Gasteiger partial charge in [0.05, 0.1) is 22.5 Å². The van der Waals surface area contributed by atoms with Crippen molar-refractivity contribution in [3.8, 4) is 0 Å². The van der Waals surface area contributed by atoms with Crippen LogP contribution in [0.2, 0.25) is 20.1 Å². The Kier molecular flexibility index (Phi) is 6.99. The predicted molar refractivity (Wildman–Crippen MR) is 95.1 cm³/mol. The molecule has 0 heterocycles. The lowest BCUT2D eigenvalue weighted by molar-refractivity contribution is -0.0493. The van der Waals surface area contributed by atoms with E-state index in [-0.39, 0.29) is 6.79 Å². The van der Waals surface area contributed by atoms with Crippen LogP contribution < -0.4 is 0 Å². The quantitative estimate of drug-likeness (QED) is 0.276. The minimum atomic E-state index is -0.163. The number of benzene rings is 2. The van der Waals surface area contributed by atoms with Crippen molar-refractivity contribution in [1.82, 2.24) is 0 Å². The van der Waals surface area contributed by atoms with Gasteiger partial charge in [0, 0.05) is 21.2 Å². The van der Waals surface area contributed by atoms with Crippen LogP contribution >= 0.6 is 46.4 Å². The highest BCUT2D eigenvalue weighted by Gasteiger charge is 1.99. The van der Waals surface area contributed by atoms with Gasteiger partial charge < -0.3 is 9.68 Å². The van der Waals surface area contributed by atoms with Gasteiger partial charge in [-0.2, -0.15) is 0 Å². The van der Waals surface area contributed by atoms with Crippen molar-refractivity contribution in [3.05, 3.63) is 67.6 Å². The highest BCUT2D eigenvalue weighted by molar-refractivity contribution is 6.36. The third-order valence-electron chi connectivity index (χ3n) is 2.56. The van der Waals surface area contributed by atoms with E-state index in [1.165, 1.54) is 12.4 Å². The maximum Gasteiger partial charge on any atom is 0.280 e. The number of rotatable bonds is 6. The average Bonchev–Trinajstić information content (AvgIpc) is 2.50. The molecule has 120 valence electrons. The van der Waals surface area contributed by atoms with Gasteiger partial charge in [-0.15, -0.1) is 0 Å². The van der Waals surface area contributed by atoms with Crippen LogP contribution in [0, 0.1) is 0 Å². The summed E-state index contributed by atoms with van der Waals surface area (Å²) >= 11 is 23.5. The molecule has 2 rings (SSSR count). The molecule has 0 saturated heterocycles. The van der Waals surface area contributed by atoms with Crippen LogP contribution in [0.15, 0.2) is 46.7 Å². The molecule has 0 amide bonds. The summed E-state index contributed by atoms with van der Waals surface area (Å²) in [7, 11) is 0. The molecule has 0 N–H and O–H groups in total. The monoisotopic (exact) mass is 390 g/mol. The van der Waals surface area contributed by atoms with Gasteiger partial charge in [0.2, 0.25) is 0 Å². The van der Waals surface area contributed by atoms with Crippen LogP contribution in [0.1, 0.15) is 11.1 Å². The summed E-state index contributed by atoms with van der Waals surface area (Å²) in [5, 5.41) is 9.46. The van der Waals surface area contributed by atoms with Crippen LogP contribution in [0.3, 0.4) is 0 Å². The maximum absolute atomic E-state index is 5.98. The molecule has 0 aliphatic heterocycles. The van der Waals surface area contributed by atoms with Crippen LogP contribution in [0.25, 0.3) is 0 Å². The zero-order chi connectivity index (χ0) is 16.7. The van der Waals surface area contributed by atoms with Gasteiger partial charge in [-0.3, -0.25) is 0 Å². The van der Waals surface area contributed by atoms with Crippen molar-refractivity contribution in [2.45, 2.75) is 0 Å². The Balaban J connectivity index is 1.77. The molecule has 0 aromatic heterocycles. The summed E-state index contributed by atoms with van der Waals surface area (Å²) in [6.07, 6.45) is 2.89. The summed E-state index contributed by atoms with van der Waals surface area (Å²) in [6, 6.07) is 10.1. The zero-order valence-electron chi connectivity index (χ0n) is 11.5. The Morgan fingerprint density at radius 1 is 0.739 bits per heavy atom. The zero-order valence-corrected chi connectivity index (χ0v) is 14.6. The number of halogens is 4. The molecule has 0 fully saturated rings. The third-order valence-corrected chi connectivity index (χ3v) is 3.69. The van der Waals surface area contributed by atoms with Gasteiger partial charge in [0.15, 0.2) is 0 Å². The summed E-state index contributed by atoms with van der Waals surface area (Å²) in [5.41, 5.74) is 1.35. The van der Waals surface area contributed by atoms with E-state index in [9.17, 15) is 0 Å². The number of hydrogen-bond acceptors (Lipinski definition) is 4. The van der Waals surface area contributed by atoms with E-state index in [0.717, 1.165) is 0 Å². The minimum Gasteiger partial charge on any atom is -0.352 e. The van der Waals surface area contributed by atoms with Crippen molar-refractivity contribution >= 4 is 58.8 Å². The Morgan fingerprint density at radius 3 is 1.57 bits per heavy atom. The van der Waals surface area contributed by atoms with Crippen molar-refractivity contribution in [3.63, 3.8) is 0 Å².